The molecule has 1 heterocycles. The first-order valence-electron chi connectivity index (χ1n) is 5.96. The fourth-order valence-electron chi connectivity index (χ4n) is 1.85. The maximum atomic E-state index is 13.7. The van der Waals surface area contributed by atoms with E-state index in [4.69, 9.17) is 5.11 Å². The molecule has 1 aromatic heterocycles. The Morgan fingerprint density at radius 2 is 1.90 bits per heavy atom. The van der Waals surface area contributed by atoms with Gasteiger partial charge in [0.2, 0.25) is 0 Å². The molecule has 5 nitrogen and oxygen atoms in total. The van der Waals surface area contributed by atoms with Crippen LogP contribution in [0.5, 0.6) is 0 Å². The van der Waals surface area contributed by atoms with E-state index >= 15 is 0 Å². The molecule has 0 unspecified atom stereocenters. The fraction of sp³-hybridized carbons (Fsp3) is 0.143. The first kappa shape index (κ1) is 15.1. The van der Waals surface area contributed by atoms with Gasteiger partial charge >= 0.3 is 5.97 Å². The van der Waals surface area contributed by atoms with Gasteiger partial charge in [0.25, 0.3) is 0 Å². The number of hydrogen-bond donors (Lipinski definition) is 1. The molecule has 21 heavy (non-hydrogen) atoms. The Labute approximate surface area is 121 Å². The molecule has 0 aliphatic rings. The van der Waals surface area contributed by atoms with Gasteiger partial charge in [-0.25, -0.2) is 17.6 Å². The number of carboxylic acid groups (broad SMARTS) is 1. The lowest BCUT2D eigenvalue weighted by molar-refractivity contribution is 0.0691. The van der Waals surface area contributed by atoms with Crippen molar-refractivity contribution in [1.82, 2.24) is 4.98 Å². The number of sulfone groups is 1. The molecule has 0 aliphatic carbocycles. The third-order valence-corrected chi connectivity index (χ3v) is 4.59. The summed E-state index contributed by atoms with van der Waals surface area (Å²) in [5, 5.41) is 8.93. The largest absolute Gasteiger partial charge is 0.478 e. The zero-order valence-electron chi connectivity index (χ0n) is 11.1. The van der Waals surface area contributed by atoms with Crippen LogP contribution in [0.2, 0.25) is 0 Å². The predicted molar refractivity (Wildman–Crippen MR) is 73.2 cm³/mol. The molecule has 1 aromatic carbocycles. The van der Waals surface area contributed by atoms with Crippen molar-refractivity contribution in [3.05, 3.63) is 59.2 Å². The molecule has 0 fully saturated rings. The average Bonchev–Trinajstić information content (AvgIpc) is 2.41. The SMILES string of the molecule is Cc1cc(S(=O)(=O)Cc2ccncc2)cc(C(=O)O)c1F. The summed E-state index contributed by atoms with van der Waals surface area (Å²) >= 11 is 0. The maximum Gasteiger partial charge on any atom is 0.338 e. The molecule has 0 saturated carbocycles. The van der Waals surface area contributed by atoms with E-state index in [1.54, 1.807) is 12.1 Å². The smallest absolute Gasteiger partial charge is 0.338 e. The van der Waals surface area contributed by atoms with E-state index in [1.807, 2.05) is 0 Å². The number of aryl methyl sites for hydroxylation is 1. The van der Waals surface area contributed by atoms with Crippen molar-refractivity contribution in [3.63, 3.8) is 0 Å². The van der Waals surface area contributed by atoms with Gasteiger partial charge in [-0.1, -0.05) is 0 Å². The summed E-state index contributed by atoms with van der Waals surface area (Å²) in [5.74, 6) is -2.73. The van der Waals surface area contributed by atoms with E-state index < -0.39 is 27.2 Å². The lowest BCUT2D eigenvalue weighted by Gasteiger charge is -2.08. The molecule has 0 saturated heterocycles. The average molecular weight is 309 g/mol. The van der Waals surface area contributed by atoms with E-state index in [2.05, 4.69) is 4.98 Å². The molecule has 2 aromatic rings. The second-order valence-electron chi connectivity index (χ2n) is 4.52. The summed E-state index contributed by atoms with van der Waals surface area (Å²) in [5.41, 5.74) is -0.157. The first-order valence-corrected chi connectivity index (χ1v) is 7.61. The minimum atomic E-state index is -3.77. The standard InChI is InChI=1S/C14H12FNO4S/c1-9-6-11(7-12(13(9)15)14(17)18)21(19,20)8-10-2-4-16-5-3-10/h2-7H,8H2,1H3,(H,17,18). The van der Waals surface area contributed by atoms with Crippen LogP contribution in [0.4, 0.5) is 4.39 Å². The second kappa shape index (κ2) is 5.61. The van der Waals surface area contributed by atoms with Crippen LogP contribution in [0.1, 0.15) is 21.5 Å². The number of pyridine rings is 1. The number of aromatic carboxylic acids is 1. The number of rotatable bonds is 4. The second-order valence-corrected chi connectivity index (χ2v) is 6.51. The van der Waals surface area contributed by atoms with Gasteiger partial charge < -0.3 is 5.11 Å². The summed E-state index contributed by atoms with van der Waals surface area (Å²) in [6.07, 6.45) is 2.92. The molecular weight excluding hydrogens is 297 g/mol. The molecule has 1 N–H and O–H groups in total. The van der Waals surface area contributed by atoms with Gasteiger partial charge in [-0.3, -0.25) is 4.98 Å². The summed E-state index contributed by atoms with van der Waals surface area (Å²) in [7, 11) is -3.77. The summed E-state index contributed by atoms with van der Waals surface area (Å²) in [6.45, 7) is 1.33. The highest BCUT2D eigenvalue weighted by Crippen LogP contribution is 2.22. The lowest BCUT2D eigenvalue weighted by Crippen LogP contribution is -2.10. The molecule has 0 spiro atoms. The molecule has 110 valence electrons. The zero-order valence-corrected chi connectivity index (χ0v) is 11.9. The van der Waals surface area contributed by atoms with Gasteiger partial charge in [-0.15, -0.1) is 0 Å². The minimum absolute atomic E-state index is 0.0248. The number of carbonyl (C=O) groups is 1. The maximum absolute atomic E-state index is 13.7. The van der Waals surface area contributed by atoms with Crippen LogP contribution in [-0.4, -0.2) is 24.5 Å². The molecule has 0 aliphatic heterocycles. The minimum Gasteiger partial charge on any atom is -0.478 e. The highest BCUT2D eigenvalue weighted by atomic mass is 32.2. The van der Waals surface area contributed by atoms with Crippen molar-refractivity contribution in [2.45, 2.75) is 17.6 Å². The monoisotopic (exact) mass is 309 g/mol. The van der Waals surface area contributed by atoms with Gasteiger partial charge in [0.15, 0.2) is 9.84 Å². The molecule has 7 heteroatoms. The van der Waals surface area contributed by atoms with E-state index in [1.165, 1.54) is 19.3 Å². The summed E-state index contributed by atoms with van der Waals surface area (Å²) in [6, 6.07) is 5.08. The van der Waals surface area contributed by atoms with Crippen LogP contribution in [0.25, 0.3) is 0 Å². The van der Waals surface area contributed by atoms with Crippen molar-refractivity contribution in [2.75, 3.05) is 0 Å². The van der Waals surface area contributed by atoms with Gasteiger partial charge in [-0.05, 0) is 42.3 Å². The van der Waals surface area contributed by atoms with E-state index in [9.17, 15) is 17.6 Å². The summed E-state index contributed by atoms with van der Waals surface area (Å²) in [4.78, 5) is 14.5. The topological polar surface area (TPSA) is 84.3 Å². The number of aromatic nitrogens is 1. The quantitative estimate of drug-likeness (QED) is 0.875. The Bertz CT molecular complexity index is 788. The number of nitrogens with zero attached hydrogens (tertiary/aromatic N) is 1. The zero-order chi connectivity index (χ0) is 15.6. The van der Waals surface area contributed by atoms with Crippen molar-refractivity contribution in [3.8, 4) is 0 Å². The number of halogens is 1. The lowest BCUT2D eigenvalue weighted by atomic mass is 10.1. The molecular formula is C14H12FNO4S. The number of benzene rings is 1. The first-order chi connectivity index (χ1) is 9.81. The van der Waals surface area contributed by atoms with Crippen LogP contribution < -0.4 is 0 Å². The Hall–Kier alpha value is -2.28. The van der Waals surface area contributed by atoms with Crippen molar-refractivity contribution in [2.24, 2.45) is 0 Å². The normalized spacial score (nSPS) is 11.3. The van der Waals surface area contributed by atoms with Crippen LogP contribution in [0, 0.1) is 12.7 Å². The van der Waals surface area contributed by atoms with Crippen LogP contribution in [0.3, 0.4) is 0 Å². The van der Waals surface area contributed by atoms with E-state index in [0.29, 0.717) is 5.56 Å². The molecule has 0 atom stereocenters. The number of carboxylic acids is 1. The fourth-order valence-corrected chi connectivity index (χ4v) is 3.31. The Balaban J connectivity index is 2.48. The summed E-state index contributed by atoms with van der Waals surface area (Å²) < 4.78 is 38.3. The Morgan fingerprint density at radius 3 is 2.48 bits per heavy atom. The van der Waals surface area contributed by atoms with E-state index in [-0.39, 0.29) is 16.2 Å². The highest BCUT2D eigenvalue weighted by Gasteiger charge is 2.21. The van der Waals surface area contributed by atoms with Crippen molar-refractivity contribution >= 4 is 15.8 Å². The van der Waals surface area contributed by atoms with Gasteiger partial charge in [0.05, 0.1) is 16.2 Å². The van der Waals surface area contributed by atoms with Crippen LogP contribution in [-0.2, 0) is 15.6 Å². The molecule has 0 radical (unpaired) electrons. The Kier molecular flexibility index (Phi) is 4.04. The van der Waals surface area contributed by atoms with Crippen molar-refractivity contribution < 1.29 is 22.7 Å². The third-order valence-electron chi connectivity index (χ3n) is 2.92. The van der Waals surface area contributed by atoms with Crippen LogP contribution >= 0.6 is 0 Å². The molecule has 2 rings (SSSR count). The number of hydrogen-bond acceptors (Lipinski definition) is 4. The molecule has 0 amide bonds. The third kappa shape index (κ3) is 3.25. The van der Waals surface area contributed by atoms with Crippen molar-refractivity contribution in [1.29, 1.82) is 0 Å². The van der Waals surface area contributed by atoms with Gasteiger partial charge in [-0.2, -0.15) is 0 Å². The molecule has 0 bridgehead atoms. The van der Waals surface area contributed by atoms with Gasteiger partial charge in [0.1, 0.15) is 5.82 Å². The van der Waals surface area contributed by atoms with Gasteiger partial charge in [0, 0.05) is 12.4 Å². The highest BCUT2D eigenvalue weighted by molar-refractivity contribution is 7.90. The predicted octanol–water partition coefficient (Wildman–Crippen LogP) is 2.20. The van der Waals surface area contributed by atoms with Crippen LogP contribution in [0.15, 0.2) is 41.6 Å². The van der Waals surface area contributed by atoms with E-state index in [0.717, 1.165) is 12.1 Å². The Morgan fingerprint density at radius 1 is 1.29 bits per heavy atom.